The minimum Gasteiger partial charge on any atom is -0.493 e. The Morgan fingerprint density at radius 3 is 2.22 bits per heavy atom. The molecule has 1 heterocycles. The average molecular weight is 576 g/mol. The zero-order valence-corrected chi connectivity index (χ0v) is 24.6. The molecule has 0 amide bonds. The monoisotopic (exact) mass is 575 g/mol. The van der Waals surface area contributed by atoms with Gasteiger partial charge in [-0.05, 0) is 56.4 Å². The zero-order valence-electron chi connectivity index (χ0n) is 24.6. The van der Waals surface area contributed by atoms with Crippen molar-refractivity contribution in [2.45, 2.75) is 72.5 Å². The summed E-state index contributed by atoms with van der Waals surface area (Å²) < 4.78 is 56.9. The molecule has 0 radical (unpaired) electrons. The normalized spacial score (nSPS) is 14.9. The minimum absolute atomic E-state index is 0.226. The van der Waals surface area contributed by atoms with E-state index in [0.29, 0.717) is 22.9 Å². The number of ether oxygens (including phenoxy) is 2. The van der Waals surface area contributed by atoms with E-state index in [-0.39, 0.29) is 23.4 Å². The lowest BCUT2D eigenvalue weighted by atomic mass is 9.64. The van der Waals surface area contributed by atoms with Crippen molar-refractivity contribution in [2.24, 2.45) is 22.5 Å². The summed E-state index contributed by atoms with van der Waals surface area (Å²) in [5, 5.41) is 0.635. The van der Waals surface area contributed by atoms with Gasteiger partial charge in [-0.25, -0.2) is 4.79 Å². The highest BCUT2D eigenvalue weighted by Gasteiger charge is 2.49. The third kappa shape index (κ3) is 8.35. The molecule has 9 heteroatoms. The standard InChI is InChI=1S/C32H40F3NO5/c1-7-29(2,3)20-31(6,30(4,5)36)28(38)40-19-21(17-32(33,34)35)18-39-24-14-13-23-15-25(22-11-9-8-10-12-22)27(37)41-26(23)16-24/h8-16,21H,7,17-20,36H2,1-6H3. The van der Waals surface area contributed by atoms with Crippen molar-refractivity contribution in [3.63, 3.8) is 0 Å². The second-order valence-electron chi connectivity index (χ2n) is 12.4. The summed E-state index contributed by atoms with van der Waals surface area (Å²) in [5.41, 5.74) is 4.87. The van der Waals surface area contributed by atoms with E-state index < -0.39 is 47.7 Å². The van der Waals surface area contributed by atoms with Gasteiger partial charge in [-0.15, -0.1) is 0 Å². The Bertz CT molecular complexity index is 1390. The summed E-state index contributed by atoms with van der Waals surface area (Å²) >= 11 is 0. The maximum Gasteiger partial charge on any atom is 0.389 e. The molecule has 0 aliphatic carbocycles. The van der Waals surface area contributed by atoms with E-state index in [1.54, 1.807) is 51.1 Å². The summed E-state index contributed by atoms with van der Waals surface area (Å²) in [6, 6.07) is 15.5. The molecule has 0 saturated heterocycles. The first-order chi connectivity index (χ1) is 18.9. The molecule has 0 aliphatic rings. The molecule has 6 nitrogen and oxygen atoms in total. The molecule has 0 fully saturated rings. The molecule has 2 atom stereocenters. The van der Waals surface area contributed by atoms with Gasteiger partial charge in [0.15, 0.2) is 0 Å². The smallest absolute Gasteiger partial charge is 0.389 e. The van der Waals surface area contributed by atoms with E-state index in [1.165, 1.54) is 6.07 Å². The Kier molecular flexibility index (Phi) is 9.63. The Morgan fingerprint density at radius 1 is 0.976 bits per heavy atom. The van der Waals surface area contributed by atoms with Crippen LogP contribution in [0.25, 0.3) is 22.1 Å². The minimum atomic E-state index is -4.49. The zero-order chi connectivity index (χ0) is 30.6. The molecule has 0 aliphatic heterocycles. The number of halogens is 3. The number of rotatable bonds is 12. The molecule has 2 aromatic carbocycles. The van der Waals surface area contributed by atoms with Crippen molar-refractivity contribution < 1.29 is 31.9 Å². The molecule has 0 bridgehead atoms. The summed E-state index contributed by atoms with van der Waals surface area (Å²) in [7, 11) is 0. The highest BCUT2D eigenvalue weighted by atomic mass is 19.4. The molecule has 1 aromatic heterocycles. The molecule has 41 heavy (non-hydrogen) atoms. The molecular formula is C32H40F3NO5. The highest BCUT2D eigenvalue weighted by Crippen LogP contribution is 2.43. The van der Waals surface area contributed by atoms with Gasteiger partial charge in [0.1, 0.15) is 11.3 Å². The number of hydrogen-bond acceptors (Lipinski definition) is 6. The number of nitrogens with two attached hydrogens (primary N) is 1. The van der Waals surface area contributed by atoms with Crippen LogP contribution in [0.4, 0.5) is 13.2 Å². The fourth-order valence-electron chi connectivity index (χ4n) is 4.71. The molecule has 2 unspecified atom stereocenters. The maximum absolute atomic E-state index is 13.4. The molecule has 0 saturated carbocycles. The lowest BCUT2D eigenvalue weighted by molar-refractivity contribution is -0.171. The summed E-state index contributed by atoms with van der Waals surface area (Å²) in [6.07, 6.45) is -4.50. The van der Waals surface area contributed by atoms with Gasteiger partial charge in [-0.1, -0.05) is 57.5 Å². The fraction of sp³-hybridized carbons (Fsp3) is 0.500. The number of fused-ring (bicyclic) bond motifs is 1. The summed E-state index contributed by atoms with van der Waals surface area (Å²) in [5.74, 6) is -1.57. The van der Waals surface area contributed by atoms with E-state index in [4.69, 9.17) is 19.6 Å². The summed E-state index contributed by atoms with van der Waals surface area (Å²) in [4.78, 5) is 25.9. The lowest BCUT2D eigenvalue weighted by Crippen LogP contribution is -2.56. The van der Waals surface area contributed by atoms with Crippen molar-refractivity contribution in [3.8, 4) is 16.9 Å². The predicted molar refractivity (Wildman–Crippen MR) is 154 cm³/mol. The van der Waals surface area contributed by atoms with Gasteiger partial charge in [0.05, 0.1) is 30.6 Å². The number of benzene rings is 2. The Balaban J connectivity index is 1.76. The largest absolute Gasteiger partial charge is 0.493 e. The van der Waals surface area contributed by atoms with E-state index in [1.807, 2.05) is 39.0 Å². The lowest BCUT2D eigenvalue weighted by Gasteiger charge is -2.44. The van der Waals surface area contributed by atoms with Gasteiger partial charge in [-0.3, -0.25) is 4.79 Å². The van der Waals surface area contributed by atoms with Crippen molar-refractivity contribution in [2.75, 3.05) is 13.2 Å². The van der Waals surface area contributed by atoms with Gasteiger partial charge in [0, 0.05) is 22.9 Å². The number of hydrogen-bond donors (Lipinski definition) is 1. The molecule has 2 N–H and O–H groups in total. The van der Waals surface area contributed by atoms with Gasteiger partial charge >= 0.3 is 17.8 Å². The van der Waals surface area contributed by atoms with Crippen LogP contribution in [0.5, 0.6) is 5.75 Å². The van der Waals surface area contributed by atoms with Gasteiger partial charge in [-0.2, -0.15) is 13.2 Å². The second-order valence-corrected chi connectivity index (χ2v) is 12.4. The molecule has 3 rings (SSSR count). The fourth-order valence-corrected chi connectivity index (χ4v) is 4.71. The quantitative estimate of drug-likeness (QED) is 0.177. The van der Waals surface area contributed by atoms with Crippen LogP contribution in [-0.4, -0.2) is 30.9 Å². The van der Waals surface area contributed by atoms with Crippen molar-refractivity contribution in [3.05, 3.63) is 65.0 Å². The van der Waals surface area contributed by atoms with Crippen molar-refractivity contribution in [1.29, 1.82) is 0 Å². The number of alkyl halides is 3. The highest BCUT2D eigenvalue weighted by molar-refractivity contribution is 5.82. The summed E-state index contributed by atoms with van der Waals surface area (Å²) in [6.45, 7) is 10.3. The van der Waals surface area contributed by atoms with Crippen molar-refractivity contribution in [1.82, 2.24) is 0 Å². The van der Waals surface area contributed by atoms with Crippen LogP contribution in [-0.2, 0) is 9.53 Å². The first-order valence-electron chi connectivity index (χ1n) is 13.7. The topological polar surface area (TPSA) is 91.8 Å². The van der Waals surface area contributed by atoms with Gasteiger partial charge < -0.3 is 19.6 Å². The number of carbonyl (C=O) groups is 1. The predicted octanol–water partition coefficient (Wildman–Crippen LogP) is 7.52. The van der Waals surface area contributed by atoms with E-state index in [2.05, 4.69) is 0 Å². The molecular weight excluding hydrogens is 535 g/mol. The third-order valence-electron chi connectivity index (χ3n) is 7.91. The van der Waals surface area contributed by atoms with Gasteiger partial charge in [0.25, 0.3) is 0 Å². The van der Waals surface area contributed by atoms with Crippen LogP contribution in [0.2, 0.25) is 0 Å². The number of esters is 1. The van der Waals surface area contributed by atoms with Crippen LogP contribution in [0.15, 0.2) is 63.8 Å². The second kappa shape index (κ2) is 12.3. The number of carbonyl (C=O) groups excluding carboxylic acids is 1. The Morgan fingerprint density at radius 2 is 1.63 bits per heavy atom. The van der Waals surface area contributed by atoms with E-state index in [9.17, 15) is 22.8 Å². The van der Waals surface area contributed by atoms with Crippen LogP contribution in [0, 0.1) is 16.7 Å². The average Bonchev–Trinajstić information content (AvgIpc) is 2.88. The first kappa shape index (κ1) is 32.2. The van der Waals surface area contributed by atoms with Gasteiger partial charge in [0.2, 0.25) is 0 Å². The first-order valence-corrected chi connectivity index (χ1v) is 13.7. The third-order valence-corrected chi connectivity index (χ3v) is 7.91. The van der Waals surface area contributed by atoms with Crippen molar-refractivity contribution >= 4 is 16.9 Å². The Hall–Kier alpha value is -3.33. The van der Waals surface area contributed by atoms with Crippen LogP contribution >= 0.6 is 0 Å². The molecule has 0 spiro atoms. The maximum atomic E-state index is 13.4. The van der Waals surface area contributed by atoms with Crippen LogP contribution in [0.3, 0.4) is 0 Å². The SMILES string of the molecule is CCC(C)(C)CC(C)(C(=O)OCC(COc1ccc2cc(-c3ccccc3)c(=O)oc2c1)CC(F)(F)F)C(C)(C)N. The van der Waals surface area contributed by atoms with E-state index in [0.717, 1.165) is 6.42 Å². The van der Waals surface area contributed by atoms with E-state index >= 15 is 0 Å². The molecule has 224 valence electrons. The van der Waals surface area contributed by atoms with Crippen LogP contribution in [0.1, 0.15) is 60.8 Å². The Labute approximate surface area is 239 Å². The molecule has 3 aromatic rings. The van der Waals surface area contributed by atoms with Crippen LogP contribution < -0.4 is 16.1 Å².